The molecular weight excluding hydrogens is 337 g/mol. The van der Waals surface area contributed by atoms with Crippen molar-refractivity contribution < 1.29 is 0 Å². The number of halogens is 1. The summed E-state index contributed by atoms with van der Waals surface area (Å²) in [5.41, 5.74) is 10.3. The van der Waals surface area contributed by atoms with Crippen molar-refractivity contribution in [3.8, 4) is 5.69 Å². The molecule has 0 saturated carbocycles. The van der Waals surface area contributed by atoms with Gasteiger partial charge in [0.2, 0.25) is 5.95 Å². The van der Waals surface area contributed by atoms with Crippen LogP contribution in [0.15, 0.2) is 42.5 Å². The van der Waals surface area contributed by atoms with Crippen LogP contribution < -0.4 is 5.73 Å². The van der Waals surface area contributed by atoms with Crippen LogP contribution in [-0.4, -0.2) is 9.55 Å². The number of para-hydroxylation sites is 1. The monoisotopic (exact) mass is 349 g/mol. The zero-order valence-corrected chi connectivity index (χ0v) is 12.0. The lowest BCUT2D eigenvalue weighted by molar-refractivity contribution is 1.11. The fourth-order valence-corrected chi connectivity index (χ4v) is 2.67. The van der Waals surface area contributed by atoms with Crippen molar-refractivity contribution in [2.24, 2.45) is 0 Å². The molecule has 0 aliphatic heterocycles. The molecule has 0 amide bonds. The Morgan fingerprint density at radius 1 is 1.17 bits per heavy atom. The van der Waals surface area contributed by atoms with Gasteiger partial charge in [-0.15, -0.1) is 0 Å². The quantitative estimate of drug-likeness (QED) is 0.683. The Hall–Kier alpha value is -1.56. The van der Waals surface area contributed by atoms with E-state index in [0.717, 1.165) is 22.3 Å². The number of benzene rings is 2. The van der Waals surface area contributed by atoms with Gasteiger partial charge in [-0.2, -0.15) is 0 Å². The summed E-state index contributed by atoms with van der Waals surface area (Å²) in [6.07, 6.45) is 0. The molecule has 4 heteroatoms. The predicted molar refractivity (Wildman–Crippen MR) is 82.9 cm³/mol. The van der Waals surface area contributed by atoms with Crippen molar-refractivity contribution in [1.82, 2.24) is 9.55 Å². The summed E-state index contributed by atoms with van der Waals surface area (Å²) < 4.78 is 3.17. The summed E-state index contributed by atoms with van der Waals surface area (Å²) in [7, 11) is 0. The van der Waals surface area contributed by atoms with Crippen LogP contribution in [0.4, 0.5) is 5.95 Å². The number of aromatic nitrogens is 2. The number of aryl methyl sites for hydroxylation is 1. The molecule has 2 aromatic carbocycles. The van der Waals surface area contributed by atoms with E-state index >= 15 is 0 Å². The number of rotatable bonds is 1. The highest BCUT2D eigenvalue weighted by atomic mass is 127. The molecule has 1 heterocycles. The summed E-state index contributed by atoms with van der Waals surface area (Å²) in [5.74, 6) is 0.529. The minimum absolute atomic E-state index is 0.529. The van der Waals surface area contributed by atoms with Crippen LogP contribution >= 0.6 is 22.6 Å². The van der Waals surface area contributed by atoms with Gasteiger partial charge in [0.05, 0.1) is 16.7 Å². The van der Waals surface area contributed by atoms with Crippen molar-refractivity contribution in [1.29, 1.82) is 0 Å². The Kier molecular flexibility index (Phi) is 2.74. The third kappa shape index (κ3) is 1.77. The van der Waals surface area contributed by atoms with Gasteiger partial charge in [0.15, 0.2) is 0 Å². The van der Waals surface area contributed by atoms with Crippen molar-refractivity contribution >= 4 is 39.6 Å². The second kappa shape index (κ2) is 4.28. The van der Waals surface area contributed by atoms with Gasteiger partial charge in [0.25, 0.3) is 0 Å². The molecule has 18 heavy (non-hydrogen) atoms. The first-order valence-electron chi connectivity index (χ1n) is 5.66. The zero-order chi connectivity index (χ0) is 12.7. The average molecular weight is 349 g/mol. The molecule has 0 saturated heterocycles. The molecule has 3 rings (SSSR count). The lowest BCUT2D eigenvalue weighted by Crippen LogP contribution is -2.00. The maximum atomic E-state index is 6.05. The third-order valence-electron chi connectivity index (χ3n) is 2.98. The highest BCUT2D eigenvalue weighted by molar-refractivity contribution is 14.1. The number of anilines is 1. The number of nitrogens with zero attached hydrogens (tertiary/aromatic N) is 2. The van der Waals surface area contributed by atoms with Crippen LogP contribution in [0.25, 0.3) is 16.7 Å². The minimum Gasteiger partial charge on any atom is -0.369 e. The Balaban J connectivity index is 2.36. The second-order valence-electron chi connectivity index (χ2n) is 4.23. The highest BCUT2D eigenvalue weighted by Crippen LogP contribution is 2.25. The number of imidazole rings is 1. The van der Waals surface area contributed by atoms with E-state index in [1.54, 1.807) is 0 Å². The fraction of sp³-hybridized carbons (Fsp3) is 0.0714. The summed E-state index contributed by atoms with van der Waals surface area (Å²) in [5, 5.41) is 0. The van der Waals surface area contributed by atoms with E-state index in [1.165, 1.54) is 3.57 Å². The van der Waals surface area contributed by atoms with Crippen LogP contribution in [0.2, 0.25) is 0 Å². The lowest BCUT2D eigenvalue weighted by atomic mass is 10.2. The Morgan fingerprint density at radius 3 is 2.72 bits per heavy atom. The molecule has 3 aromatic rings. The Labute approximate surface area is 119 Å². The van der Waals surface area contributed by atoms with Crippen molar-refractivity contribution in [2.45, 2.75) is 6.92 Å². The molecule has 1 aromatic heterocycles. The maximum absolute atomic E-state index is 6.05. The lowest BCUT2D eigenvalue weighted by Gasteiger charge is -2.06. The molecule has 0 aliphatic rings. The van der Waals surface area contributed by atoms with Crippen LogP contribution in [0.3, 0.4) is 0 Å². The number of fused-ring (bicyclic) bond motifs is 1. The SMILES string of the molecule is Cc1cccc2c1nc(N)n2-c1cccc(I)c1. The van der Waals surface area contributed by atoms with E-state index in [4.69, 9.17) is 5.73 Å². The summed E-state index contributed by atoms with van der Waals surface area (Å²) >= 11 is 2.30. The van der Waals surface area contributed by atoms with E-state index in [1.807, 2.05) is 41.8 Å². The summed E-state index contributed by atoms with van der Waals surface area (Å²) in [6.45, 7) is 2.05. The first-order valence-corrected chi connectivity index (χ1v) is 6.74. The van der Waals surface area contributed by atoms with Crippen molar-refractivity contribution in [2.75, 3.05) is 5.73 Å². The Morgan fingerprint density at radius 2 is 1.94 bits per heavy atom. The first kappa shape index (κ1) is 11.5. The van der Waals surface area contributed by atoms with Gasteiger partial charge in [-0.25, -0.2) is 4.98 Å². The van der Waals surface area contributed by atoms with Gasteiger partial charge in [-0.05, 0) is 59.3 Å². The highest BCUT2D eigenvalue weighted by Gasteiger charge is 2.11. The largest absolute Gasteiger partial charge is 0.369 e. The molecule has 0 bridgehead atoms. The standard InChI is InChI=1S/C14H12IN3/c1-9-4-2-7-12-13(9)17-14(16)18(12)11-6-3-5-10(15)8-11/h2-8H,1H3,(H2,16,17). The van der Waals surface area contributed by atoms with E-state index in [2.05, 4.69) is 39.7 Å². The Bertz CT molecular complexity index is 731. The maximum Gasteiger partial charge on any atom is 0.205 e. The normalized spacial score (nSPS) is 11.0. The van der Waals surface area contributed by atoms with E-state index in [0.29, 0.717) is 5.95 Å². The van der Waals surface area contributed by atoms with Crippen molar-refractivity contribution in [3.05, 3.63) is 51.6 Å². The van der Waals surface area contributed by atoms with Gasteiger partial charge in [-0.3, -0.25) is 4.57 Å². The van der Waals surface area contributed by atoms with Crippen LogP contribution in [-0.2, 0) is 0 Å². The molecule has 0 spiro atoms. The van der Waals surface area contributed by atoms with Crippen LogP contribution in [0, 0.1) is 10.5 Å². The minimum atomic E-state index is 0.529. The second-order valence-corrected chi connectivity index (χ2v) is 5.47. The molecular formula is C14H12IN3. The molecule has 0 aliphatic carbocycles. The van der Waals surface area contributed by atoms with Gasteiger partial charge in [-0.1, -0.05) is 18.2 Å². The number of nitrogen functional groups attached to an aromatic ring is 1. The topological polar surface area (TPSA) is 43.8 Å². The zero-order valence-electron chi connectivity index (χ0n) is 9.89. The van der Waals surface area contributed by atoms with E-state index < -0.39 is 0 Å². The van der Waals surface area contributed by atoms with Crippen molar-refractivity contribution in [3.63, 3.8) is 0 Å². The molecule has 0 radical (unpaired) electrons. The van der Waals surface area contributed by atoms with Gasteiger partial charge in [0, 0.05) is 3.57 Å². The molecule has 90 valence electrons. The van der Waals surface area contributed by atoms with Crippen LogP contribution in [0.1, 0.15) is 5.56 Å². The number of hydrogen-bond acceptors (Lipinski definition) is 2. The predicted octanol–water partition coefficient (Wildman–Crippen LogP) is 3.52. The van der Waals surface area contributed by atoms with E-state index in [-0.39, 0.29) is 0 Å². The fourth-order valence-electron chi connectivity index (χ4n) is 2.14. The molecule has 0 unspecified atom stereocenters. The average Bonchev–Trinajstić information content (AvgIpc) is 2.67. The number of nitrogens with two attached hydrogens (primary N) is 1. The van der Waals surface area contributed by atoms with Gasteiger partial charge < -0.3 is 5.73 Å². The van der Waals surface area contributed by atoms with Gasteiger partial charge in [0.1, 0.15) is 0 Å². The molecule has 0 atom stereocenters. The summed E-state index contributed by atoms with van der Waals surface area (Å²) in [6, 6.07) is 14.4. The first-order chi connectivity index (χ1) is 8.66. The number of hydrogen-bond donors (Lipinski definition) is 1. The molecule has 2 N–H and O–H groups in total. The molecule has 0 fully saturated rings. The van der Waals surface area contributed by atoms with Gasteiger partial charge >= 0.3 is 0 Å². The third-order valence-corrected chi connectivity index (χ3v) is 3.65. The van der Waals surface area contributed by atoms with E-state index in [9.17, 15) is 0 Å². The molecule has 3 nitrogen and oxygen atoms in total. The smallest absolute Gasteiger partial charge is 0.205 e. The van der Waals surface area contributed by atoms with Crippen LogP contribution in [0.5, 0.6) is 0 Å². The summed E-state index contributed by atoms with van der Waals surface area (Å²) in [4.78, 5) is 4.46.